The number of anilines is 2. The van der Waals surface area contributed by atoms with Gasteiger partial charge in [-0.15, -0.1) is 11.3 Å². The highest BCUT2D eigenvalue weighted by molar-refractivity contribution is 7.14. The van der Waals surface area contributed by atoms with E-state index in [0.717, 1.165) is 17.3 Å². The van der Waals surface area contributed by atoms with E-state index in [2.05, 4.69) is 15.3 Å². The van der Waals surface area contributed by atoms with Crippen molar-refractivity contribution >= 4 is 22.2 Å². The first-order valence-electron chi connectivity index (χ1n) is 5.81. The third-order valence-electron chi connectivity index (χ3n) is 2.67. The van der Waals surface area contributed by atoms with Crippen molar-refractivity contribution in [1.82, 2.24) is 9.97 Å². The lowest BCUT2D eigenvalue weighted by Crippen LogP contribution is -1.95. The molecular weight excluding hydrogens is 280 g/mol. The van der Waals surface area contributed by atoms with Crippen LogP contribution in [-0.4, -0.2) is 9.97 Å². The molecule has 0 aliphatic carbocycles. The predicted molar refractivity (Wildman–Crippen MR) is 75.0 cm³/mol. The van der Waals surface area contributed by atoms with E-state index in [-0.39, 0.29) is 5.69 Å². The number of benzene rings is 1. The molecule has 0 spiro atoms. The summed E-state index contributed by atoms with van der Waals surface area (Å²) >= 11 is 1.32. The molecule has 100 valence electrons. The molecule has 20 heavy (non-hydrogen) atoms. The maximum absolute atomic E-state index is 13.5. The lowest BCUT2D eigenvalue weighted by molar-refractivity contribution is 0.512. The quantitative estimate of drug-likeness (QED) is 0.784. The average Bonchev–Trinajstić information content (AvgIpc) is 2.93. The van der Waals surface area contributed by atoms with Crippen LogP contribution >= 0.6 is 11.3 Å². The molecule has 2 heterocycles. The molecular formula is C14H9F2N3S. The van der Waals surface area contributed by atoms with Gasteiger partial charge in [0.25, 0.3) is 0 Å². The van der Waals surface area contributed by atoms with Gasteiger partial charge in [0.05, 0.1) is 11.4 Å². The number of hydrogen-bond donors (Lipinski definition) is 1. The summed E-state index contributed by atoms with van der Waals surface area (Å²) in [6.45, 7) is 0. The number of thiazole rings is 1. The molecule has 0 unspecified atom stereocenters. The van der Waals surface area contributed by atoms with Gasteiger partial charge in [0, 0.05) is 23.3 Å². The van der Waals surface area contributed by atoms with Crippen molar-refractivity contribution in [2.75, 3.05) is 5.32 Å². The zero-order valence-electron chi connectivity index (χ0n) is 10.2. The molecule has 0 radical (unpaired) electrons. The normalized spacial score (nSPS) is 10.5. The van der Waals surface area contributed by atoms with E-state index in [1.54, 1.807) is 12.4 Å². The summed E-state index contributed by atoms with van der Waals surface area (Å²) in [5, 5.41) is 5.12. The van der Waals surface area contributed by atoms with Gasteiger partial charge in [-0.1, -0.05) is 6.07 Å². The van der Waals surface area contributed by atoms with Crippen molar-refractivity contribution in [3.05, 3.63) is 59.7 Å². The van der Waals surface area contributed by atoms with Gasteiger partial charge in [0.15, 0.2) is 16.8 Å². The number of pyridine rings is 1. The fourth-order valence-corrected chi connectivity index (χ4v) is 2.43. The highest BCUT2D eigenvalue weighted by atomic mass is 32.1. The highest BCUT2D eigenvalue weighted by Gasteiger charge is 2.10. The zero-order chi connectivity index (χ0) is 13.9. The molecule has 0 amide bonds. The molecule has 3 rings (SSSR count). The van der Waals surface area contributed by atoms with E-state index >= 15 is 0 Å². The predicted octanol–water partition coefficient (Wildman–Crippen LogP) is 4.23. The van der Waals surface area contributed by atoms with Gasteiger partial charge in [-0.05, 0) is 24.3 Å². The molecule has 3 nitrogen and oxygen atoms in total. The summed E-state index contributed by atoms with van der Waals surface area (Å²) in [4.78, 5) is 8.27. The van der Waals surface area contributed by atoms with Crippen LogP contribution in [0.4, 0.5) is 19.6 Å². The van der Waals surface area contributed by atoms with Crippen molar-refractivity contribution in [2.24, 2.45) is 0 Å². The van der Waals surface area contributed by atoms with Gasteiger partial charge in [-0.25, -0.2) is 13.8 Å². The number of halogens is 2. The minimum Gasteiger partial charge on any atom is -0.329 e. The number of aromatic nitrogens is 2. The van der Waals surface area contributed by atoms with E-state index in [1.807, 2.05) is 17.5 Å². The van der Waals surface area contributed by atoms with Crippen LogP contribution in [0.15, 0.2) is 48.1 Å². The van der Waals surface area contributed by atoms with Gasteiger partial charge < -0.3 is 5.32 Å². The van der Waals surface area contributed by atoms with Gasteiger partial charge in [0.2, 0.25) is 0 Å². The van der Waals surface area contributed by atoms with Crippen LogP contribution in [-0.2, 0) is 0 Å². The standard InChI is InChI=1S/C14H9F2N3S/c15-10-2-1-3-11(13(10)16)18-14-19-12(8-20-14)9-4-6-17-7-5-9/h1-8H,(H,18,19). The van der Waals surface area contributed by atoms with Crippen LogP contribution in [0, 0.1) is 11.6 Å². The molecule has 0 saturated heterocycles. The van der Waals surface area contributed by atoms with E-state index in [0.29, 0.717) is 5.13 Å². The van der Waals surface area contributed by atoms with Crippen molar-refractivity contribution in [3.8, 4) is 11.3 Å². The lowest BCUT2D eigenvalue weighted by atomic mass is 10.2. The number of nitrogens with one attached hydrogen (secondary N) is 1. The summed E-state index contributed by atoms with van der Waals surface area (Å²) in [5.41, 5.74) is 1.75. The second kappa shape index (κ2) is 5.34. The van der Waals surface area contributed by atoms with Gasteiger partial charge >= 0.3 is 0 Å². The molecule has 1 N–H and O–H groups in total. The summed E-state index contributed by atoms with van der Waals surface area (Å²) < 4.78 is 26.7. The number of hydrogen-bond acceptors (Lipinski definition) is 4. The molecule has 3 aromatic rings. The molecule has 0 fully saturated rings. The van der Waals surface area contributed by atoms with Crippen molar-refractivity contribution < 1.29 is 8.78 Å². The van der Waals surface area contributed by atoms with Crippen molar-refractivity contribution in [1.29, 1.82) is 0 Å². The maximum Gasteiger partial charge on any atom is 0.187 e. The number of nitrogens with zero attached hydrogens (tertiary/aromatic N) is 2. The Labute approximate surface area is 118 Å². The molecule has 2 aromatic heterocycles. The Morgan fingerprint density at radius 2 is 1.85 bits per heavy atom. The molecule has 0 atom stereocenters. The van der Waals surface area contributed by atoms with E-state index in [1.165, 1.54) is 23.5 Å². The Morgan fingerprint density at radius 1 is 1.05 bits per heavy atom. The van der Waals surface area contributed by atoms with Crippen LogP contribution in [0.1, 0.15) is 0 Å². The van der Waals surface area contributed by atoms with Crippen molar-refractivity contribution in [2.45, 2.75) is 0 Å². The third kappa shape index (κ3) is 2.50. The third-order valence-corrected chi connectivity index (χ3v) is 3.43. The Bertz CT molecular complexity index is 728. The van der Waals surface area contributed by atoms with E-state index < -0.39 is 11.6 Å². The smallest absolute Gasteiger partial charge is 0.187 e. The number of rotatable bonds is 3. The van der Waals surface area contributed by atoms with Crippen LogP contribution in [0.2, 0.25) is 0 Å². The van der Waals surface area contributed by atoms with Crippen LogP contribution in [0.3, 0.4) is 0 Å². The molecule has 0 saturated carbocycles. The summed E-state index contributed by atoms with van der Waals surface area (Å²) in [7, 11) is 0. The summed E-state index contributed by atoms with van der Waals surface area (Å²) in [5.74, 6) is -1.80. The molecule has 0 bridgehead atoms. The minimum absolute atomic E-state index is 0.0700. The second-order valence-electron chi connectivity index (χ2n) is 4.00. The first-order chi connectivity index (χ1) is 9.74. The fraction of sp³-hybridized carbons (Fsp3) is 0. The fourth-order valence-electron chi connectivity index (χ4n) is 1.70. The van der Waals surface area contributed by atoms with Crippen LogP contribution in [0.5, 0.6) is 0 Å². The van der Waals surface area contributed by atoms with Crippen LogP contribution in [0.25, 0.3) is 11.3 Å². The van der Waals surface area contributed by atoms with Gasteiger partial charge in [-0.3, -0.25) is 4.98 Å². The highest BCUT2D eigenvalue weighted by Crippen LogP contribution is 2.28. The first-order valence-corrected chi connectivity index (χ1v) is 6.69. The maximum atomic E-state index is 13.5. The molecule has 0 aliphatic heterocycles. The Hall–Kier alpha value is -2.34. The average molecular weight is 289 g/mol. The van der Waals surface area contributed by atoms with E-state index in [4.69, 9.17) is 0 Å². The summed E-state index contributed by atoms with van der Waals surface area (Å²) in [6, 6.07) is 7.65. The van der Waals surface area contributed by atoms with Crippen LogP contribution < -0.4 is 5.32 Å². The molecule has 0 aliphatic rings. The van der Waals surface area contributed by atoms with E-state index in [9.17, 15) is 8.78 Å². The summed E-state index contributed by atoms with van der Waals surface area (Å²) in [6.07, 6.45) is 3.35. The lowest BCUT2D eigenvalue weighted by Gasteiger charge is -2.04. The van der Waals surface area contributed by atoms with Gasteiger partial charge in [0.1, 0.15) is 0 Å². The van der Waals surface area contributed by atoms with Crippen molar-refractivity contribution in [3.63, 3.8) is 0 Å². The molecule has 6 heteroatoms. The largest absolute Gasteiger partial charge is 0.329 e. The van der Waals surface area contributed by atoms with Gasteiger partial charge in [-0.2, -0.15) is 0 Å². The molecule has 1 aromatic carbocycles. The second-order valence-corrected chi connectivity index (χ2v) is 4.86. The Morgan fingerprint density at radius 3 is 2.65 bits per heavy atom. The minimum atomic E-state index is -0.909. The monoisotopic (exact) mass is 289 g/mol. The SMILES string of the molecule is Fc1cccc(Nc2nc(-c3ccncc3)cs2)c1F. The Kier molecular flexibility index (Phi) is 3.39. The Balaban J connectivity index is 1.86. The topological polar surface area (TPSA) is 37.8 Å². The zero-order valence-corrected chi connectivity index (χ0v) is 11.0. The first kappa shape index (κ1) is 12.7.